The Hall–Kier alpha value is -3.55. The summed E-state index contributed by atoms with van der Waals surface area (Å²) >= 11 is 0. The fourth-order valence-corrected chi connectivity index (χ4v) is 3.80. The highest BCUT2D eigenvalue weighted by atomic mass is 19.4. The molecule has 0 radical (unpaired) electrons. The fourth-order valence-electron chi connectivity index (χ4n) is 3.80. The first kappa shape index (κ1) is 22.6. The molecule has 0 spiro atoms. The first-order chi connectivity index (χ1) is 15.6. The first-order valence-electron chi connectivity index (χ1n) is 10.0. The second kappa shape index (κ2) is 8.77. The molecule has 0 aliphatic rings. The van der Waals surface area contributed by atoms with Crippen molar-refractivity contribution in [3.05, 3.63) is 125 Å². The Labute approximate surface area is 186 Å². The van der Waals surface area contributed by atoms with Crippen LogP contribution in [0.1, 0.15) is 39.6 Å². The highest BCUT2D eigenvalue weighted by Crippen LogP contribution is 2.37. The molecule has 0 aliphatic heterocycles. The van der Waals surface area contributed by atoms with Gasteiger partial charge >= 0.3 is 12.4 Å². The molecule has 0 N–H and O–H groups in total. The molecule has 0 amide bonds. The van der Waals surface area contributed by atoms with E-state index in [1.165, 1.54) is 6.20 Å². The van der Waals surface area contributed by atoms with Crippen molar-refractivity contribution in [1.82, 2.24) is 9.55 Å². The standard InChI is InChI=1S/C25H18F6N2/c26-24(27,28)20-13-17(14-21(15-20)25(29,30)31)16-33-12-11-32-23(33)22(18-7-3-1-4-8-18)19-9-5-2-6-10-19/h1-15,22H,16H2. The lowest BCUT2D eigenvalue weighted by atomic mass is 9.90. The molecule has 3 aromatic carbocycles. The fraction of sp³-hybridized carbons (Fsp3) is 0.160. The second-order valence-corrected chi connectivity index (χ2v) is 7.58. The summed E-state index contributed by atoms with van der Waals surface area (Å²) < 4.78 is 81.3. The molecule has 8 heteroatoms. The zero-order chi connectivity index (χ0) is 23.6. The molecule has 4 rings (SSSR count). The number of alkyl halides is 6. The van der Waals surface area contributed by atoms with Crippen molar-refractivity contribution in [2.75, 3.05) is 0 Å². The minimum absolute atomic E-state index is 0.115. The molecule has 2 nitrogen and oxygen atoms in total. The largest absolute Gasteiger partial charge is 0.416 e. The number of nitrogens with zero attached hydrogens (tertiary/aromatic N) is 2. The highest BCUT2D eigenvalue weighted by molar-refractivity contribution is 5.39. The molecule has 33 heavy (non-hydrogen) atoms. The normalized spacial score (nSPS) is 12.3. The third-order valence-corrected chi connectivity index (χ3v) is 5.27. The van der Waals surface area contributed by atoms with Crippen LogP contribution in [-0.4, -0.2) is 9.55 Å². The number of benzene rings is 3. The van der Waals surface area contributed by atoms with Gasteiger partial charge in [0, 0.05) is 18.9 Å². The second-order valence-electron chi connectivity index (χ2n) is 7.58. The molecule has 4 aromatic rings. The van der Waals surface area contributed by atoms with E-state index in [9.17, 15) is 26.3 Å². The Kier molecular flexibility index (Phi) is 6.01. The monoisotopic (exact) mass is 460 g/mol. The predicted octanol–water partition coefficient (Wildman–Crippen LogP) is 7.15. The predicted molar refractivity (Wildman–Crippen MR) is 112 cm³/mol. The van der Waals surface area contributed by atoms with Gasteiger partial charge in [-0.15, -0.1) is 0 Å². The highest BCUT2D eigenvalue weighted by Gasteiger charge is 2.37. The SMILES string of the molecule is FC(F)(F)c1cc(Cn2ccnc2C(c2ccccc2)c2ccccc2)cc(C(F)(F)F)c1. The van der Waals surface area contributed by atoms with Crippen molar-refractivity contribution in [3.63, 3.8) is 0 Å². The smallest absolute Gasteiger partial charge is 0.330 e. The number of imidazole rings is 1. The Morgan fingerprint density at radius 2 is 1.18 bits per heavy atom. The molecule has 0 bridgehead atoms. The van der Waals surface area contributed by atoms with Gasteiger partial charge in [0.2, 0.25) is 0 Å². The van der Waals surface area contributed by atoms with Gasteiger partial charge in [0.05, 0.1) is 17.0 Å². The molecule has 0 fully saturated rings. The van der Waals surface area contributed by atoms with E-state index >= 15 is 0 Å². The van der Waals surface area contributed by atoms with Crippen LogP contribution in [0.15, 0.2) is 91.3 Å². The lowest BCUT2D eigenvalue weighted by molar-refractivity contribution is -0.143. The molecule has 0 unspecified atom stereocenters. The van der Waals surface area contributed by atoms with Crippen LogP contribution >= 0.6 is 0 Å². The van der Waals surface area contributed by atoms with E-state index < -0.39 is 23.5 Å². The molecule has 170 valence electrons. The lowest BCUT2D eigenvalue weighted by Gasteiger charge is -2.20. The maximum Gasteiger partial charge on any atom is 0.416 e. The van der Waals surface area contributed by atoms with Gasteiger partial charge in [0.15, 0.2) is 0 Å². The van der Waals surface area contributed by atoms with Crippen LogP contribution in [0.4, 0.5) is 26.3 Å². The summed E-state index contributed by atoms with van der Waals surface area (Å²) in [6.07, 6.45) is -6.75. The number of rotatable bonds is 5. The van der Waals surface area contributed by atoms with Gasteiger partial charge in [-0.2, -0.15) is 26.3 Å². The van der Waals surface area contributed by atoms with Crippen LogP contribution in [0.5, 0.6) is 0 Å². The molecular weight excluding hydrogens is 442 g/mol. The van der Waals surface area contributed by atoms with E-state index in [1.54, 1.807) is 10.8 Å². The quantitative estimate of drug-likeness (QED) is 0.289. The molecule has 0 saturated carbocycles. The van der Waals surface area contributed by atoms with Crippen molar-refractivity contribution in [3.8, 4) is 0 Å². The number of halogens is 6. The van der Waals surface area contributed by atoms with Crippen LogP contribution in [0.25, 0.3) is 0 Å². The van der Waals surface area contributed by atoms with Gasteiger partial charge in [-0.25, -0.2) is 4.98 Å². The maximum atomic E-state index is 13.3. The number of aromatic nitrogens is 2. The Bertz CT molecular complexity index is 1140. The summed E-state index contributed by atoms with van der Waals surface area (Å²) in [6.45, 7) is -0.196. The first-order valence-corrected chi connectivity index (χ1v) is 10.0. The minimum Gasteiger partial charge on any atom is -0.330 e. The third-order valence-electron chi connectivity index (χ3n) is 5.27. The molecule has 0 atom stereocenters. The van der Waals surface area contributed by atoms with E-state index in [4.69, 9.17) is 0 Å². The van der Waals surface area contributed by atoms with Gasteiger partial charge in [-0.1, -0.05) is 60.7 Å². The zero-order valence-electron chi connectivity index (χ0n) is 17.1. The number of hydrogen-bond donors (Lipinski definition) is 0. The maximum absolute atomic E-state index is 13.3. The Morgan fingerprint density at radius 1 is 0.697 bits per heavy atom. The van der Waals surface area contributed by atoms with Crippen LogP contribution in [-0.2, 0) is 18.9 Å². The van der Waals surface area contributed by atoms with Crippen LogP contribution in [0, 0.1) is 0 Å². The van der Waals surface area contributed by atoms with Gasteiger partial charge in [-0.05, 0) is 34.9 Å². The minimum atomic E-state index is -4.90. The third kappa shape index (κ3) is 5.10. The van der Waals surface area contributed by atoms with Crippen molar-refractivity contribution in [2.45, 2.75) is 24.8 Å². The summed E-state index contributed by atoms with van der Waals surface area (Å²) in [5.74, 6) is 0.161. The zero-order valence-corrected chi connectivity index (χ0v) is 17.1. The van der Waals surface area contributed by atoms with Crippen LogP contribution in [0.2, 0.25) is 0 Å². The van der Waals surface area contributed by atoms with Crippen LogP contribution in [0.3, 0.4) is 0 Å². The Morgan fingerprint density at radius 3 is 1.64 bits per heavy atom. The van der Waals surface area contributed by atoms with E-state index in [0.717, 1.165) is 23.3 Å². The van der Waals surface area contributed by atoms with E-state index in [2.05, 4.69) is 4.98 Å². The van der Waals surface area contributed by atoms with Gasteiger partial charge in [-0.3, -0.25) is 0 Å². The van der Waals surface area contributed by atoms with Crippen LogP contribution < -0.4 is 0 Å². The van der Waals surface area contributed by atoms with Gasteiger partial charge < -0.3 is 4.57 Å². The summed E-state index contributed by atoms with van der Waals surface area (Å²) in [6, 6.07) is 20.4. The average Bonchev–Trinajstić information content (AvgIpc) is 3.21. The number of hydrogen-bond acceptors (Lipinski definition) is 1. The molecule has 1 heterocycles. The van der Waals surface area contributed by atoms with Crippen molar-refractivity contribution in [2.24, 2.45) is 0 Å². The molecular formula is C25H18F6N2. The molecule has 0 saturated heterocycles. The van der Waals surface area contributed by atoms with E-state index in [1.807, 2.05) is 60.7 Å². The molecule has 0 aliphatic carbocycles. The Balaban J connectivity index is 1.79. The topological polar surface area (TPSA) is 17.8 Å². The lowest BCUT2D eigenvalue weighted by Crippen LogP contribution is -2.15. The van der Waals surface area contributed by atoms with Crippen molar-refractivity contribution >= 4 is 0 Å². The van der Waals surface area contributed by atoms with Gasteiger partial charge in [0.25, 0.3) is 0 Å². The van der Waals surface area contributed by atoms with Gasteiger partial charge in [0.1, 0.15) is 5.82 Å². The van der Waals surface area contributed by atoms with Crippen molar-refractivity contribution < 1.29 is 26.3 Å². The summed E-state index contributed by atoms with van der Waals surface area (Å²) in [5, 5.41) is 0. The summed E-state index contributed by atoms with van der Waals surface area (Å²) in [4.78, 5) is 4.43. The molecule has 1 aromatic heterocycles. The summed E-state index contributed by atoms with van der Waals surface area (Å²) in [5.41, 5.74) is -0.989. The average molecular weight is 460 g/mol. The van der Waals surface area contributed by atoms with E-state index in [-0.39, 0.29) is 24.1 Å². The van der Waals surface area contributed by atoms with E-state index in [0.29, 0.717) is 5.82 Å². The van der Waals surface area contributed by atoms with Crippen molar-refractivity contribution in [1.29, 1.82) is 0 Å². The summed E-state index contributed by atoms with van der Waals surface area (Å²) in [7, 11) is 0.